The maximum atomic E-state index is 13.4. The average molecular weight is 403 g/mol. The zero-order chi connectivity index (χ0) is 19.9. The molecule has 2 aromatic rings. The first kappa shape index (κ1) is 19.1. The number of aryl methyl sites for hydroxylation is 1. The Hall–Kier alpha value is -2.19. The van der Waals surface area contributed by atoms with Crippen molar-refractivity contribution in [2.45, 2.75) is 36.0 Å². The lowest BCUT2D eigenvalue weighted by atomic mass is 9.78. The number of anilines is 1. The normalized spacial score (nSPS) is 22.2. The van der Waals surface area contributed by atoms with E-state index >= 15 is 0 Å². The Bertz CT molecular complexity index is 989. The first-order valence-corrected chi connectivity index (χ1v) is 11.0. The Morgan fingerprint density at radius 1 is 1.21 bits per heavy atom. The van der Waals surface area contributed by atoms with Crippen LogP contribution in [0.2, 0.25) is 0 Å². The number of hydrogen-bond donors (Lipinski definition) is 0. The van der Waals surface area contributed by atoms with Crippen molar-refractivity contribution < 1.29 is 13.2 Å². The van der Waals surface area contributed by atoms with Gasteiger partial charge >= 0.3 is 0 Å². The highest BCUT2D eigenvalue weighted by atomic mass is 32.2. The van der Waals surface area contributed by atoms with Gasteiger partial charge in [-0.3, -0.25) is 0 Å². The molecule has 150 valence electrons. The Labute approximate surface area is 166 Å². The van der Waals surface area contributed by atoms with Crippen LogP contribution in [0.25, 0.3) is 0 Å². The second-order valence-electron chi connectivity index (χ2n) is 7.81. The first-order chi connectivity index (χ1) is 13.4. The lowest BCUT2D eigenvalue weighted by molar-refractivity contribution is 0.219. The van der Waals surface area contributed by atoms with Gasteiger partial charge in [0.1, 0.15) is 10.6 Å². The molecule has 1 aliphatic carbocycles. The van der Waals surface area contributed by atoms with Crippen molar-refractivity contribution in [3.63, 3.8) is 0 Å². The fraction of sp³-hybridized carbons (Fsp3) is 0.500. The third-order valence-corrected chi connectivity index (χ3v) is 7.74. The van der Waals surface area contributed by atoms with Gasteiger partial charge in [-0.15, -0.1) is 0 Å². The number of para-hydroxylation sites is 1. The highest BCUT2D eigenvalue weighted by Crippen LogP contribution is 2.45. The SMILES string of the molecule is COc1ccccc1S(=O)(=O)N1CCCC2(CCc3cnc(N(C)C)nc32)C1. The van der Waals surface area contributed by atoms with Crippen LogP contribution in [-0.4, -0.2) is 57.0 Å². The number of aromatic nitrogens is 2. The summed E-state index contributed by atoms with van der Waals surface area (Å²) >= 11 is 0. The van der Waals surface area contributed by atoms with Crippen LogP contribution >= 0.6 is 0 Å². The van der Waals surface area contributed by atoms with E-state index in [2.05, 4.69) is 4.98 Å². The van der Waals surface area contributed by atoms with Crippen molar-refractivity contribution in [1.29, 1.82) is 0 Å². The summed E-state index contributed by atoms with van der Waals surface area (Å²) < 4.78 is 33.7. The Morgan fingerprint density at radius 2 is 2.00 bits per heavy atom. The fourth-order valence-corrected chi connectivity index (χ4v) is 6.13. The molecule has 0 saturated carbocycles. The molecular weight excluding hydrogens is 376 g/mol. The van der Waals surface area contributed by atoms with Crippen LogP contribution in [0.4, 0.5) is 5.95 Å². The summed E-state index contributed by atoms with van der Waals surface area (Å²) in [5.41, 5.74) is 1.92. The van der Waals surface area contributed by atoms with Crippen molar-refractivity contribution >= 4 is 16.0 Å². The van der Waals surface area contributed by atoms with Gasteiger partial charge in [-0.05, 0) is 43.4 Å². The molecule has 1 aromatic carbocycles. The molecule has 1 atom stereocenters. The minimum atomic E-state index is -3.64. The monoisotopic (exact) mass is 402 g/mol. The maximum absolute atomic E-state index is 13.4. The predicted molar refractivity (Wildman–Crippen MR) is 107 cm³/mol. The number of fused-ring (bicyclic) bond motifs is 2. The quantitative estimate of drug-likeness (QED) is 0.781. The Morgan fingerprint density at radius 3 is 2.75 bits per heavy atom. The van der Waals surface area contributed by atoms with Gasteiger partial charge in [0, 0.05) is 38.8 Å². The summed E-state index contributed by atoms with van der Waals surface area (Å²) in [4.78, 5) is 11.4. The third-order valence-electron chi connectivity index (χ3n) is 5.86. The van der Waals surface area contributed by atoms with Gasteiger partial charge in [-0.2, -0.15) is 4.31 Å². The minimum Gasteiger partial charge on any atom is -0.495 e. The Kier molecular flexibility index (Phi) is 4.79. The number of hydrogen-bond acceptors (Lipinski definition) is 6. The average Bonchev–Trinajstić information content (AvgIpc) is 3.05. The first-order valence-electron chi connectivity index (χ1n) is 9.54. The summed E-state index contributed by atoms with van der Waals surface area (Å²) in [7, 11) is 1.69. The van der Waals surface area contributed by atoms with Crippen LogP contribution in [0.15, 0.2) is 35.4 Å². The lowest BCUT2D eigenvalue weighted by Crippen LogP contribution is -2.48. The maximum Gasteiger partial charge on any atom is 0.246 e. The zero-order valence-electron chi connectivity index (χ0n) is 16.6. The molecule has 0 bridgehead atoms. The third kappa shape index (κ3) is 3.04. The zero-order valence-corrected chi connectivity index (χ0v) is 17.4. The number of rotatable bonds is 4. The van der Waals surface area contributed by atoms with Crippen molar-refractivity contribution in [1.82, 2.24) is 14.3 Å². The standard InChI is InChI=1S/C20H26N4O3S/c1-23(2)19-21-13-15-9-11-20(18(15)22-19)10-6-12-24(14-20)28(25,26)17-8-5-4-7-16(17)27-3/h4-5,7-8,13H,6,9-12,14H2,1-3H3. The summed E-state index contributed by atoms with van der Waals surface area (Å²) in [5, 5.41) is 0. The number of benzene rings is 1. The van der Waals surface area contributed by atoms with E-state index in [-0.39, 0.29) is 10.3 Å². The molecule has 2 aliphatic rings. The largest absolute Gasteiger partial charge is 0.495 e. The smallest absolute Gasteiger partial charge is 0.246 e. The van der Waals surface area contributed by atoms with Gasteiger partial charge in [-0.1, -0.05) is 12.1 Å². The predicted octanol–water partition coefficient (Wildman–Crippen LogP) is 2.22. The second-order valence-corrected chi connectivity index (χ2v) is 9.72. The molecule has 1 saturated heterocycles. The molecule has 1 spiro atoms. The number of methoxy groups -OCH3 is 1. The van der Waals surface area contributed by atoms with E-state index in [1.807, 2.05) is 25.2 Å². The van der Waals surface area contributed by atoms with Crippen molar-refractivity contribution in [2.75, 3.05) is 39.2 Å². The molecule has 1 fully saturated rings. The summed E-state index contributed by atoms with van der Waals surface area (Å²) in [5.74, 6) is 1.05. The molecule has 28 heavy (non-hydrogen) atoms. The van der Waals surface area contributed by atoms with Crippen molar-refractivity contribution in [2.24, 2.45) is 0 Å². The van der Waals surface area contributed by atoms with E-state index < -0.39 is 10.0 Å². The summed E-state index contributed by atoms with van der Waals surface area (Å²) in [6.45, 7) is 0.966. The van der Waals surface area contributed by atoms with E-state index in [9.17, 15) is 8.42 Å². The van der Waals surface area contributed by atoms with Crippen molar-refractivity contribution in [3.05, 3.63) is 41.7 Å². The van der Waals surface area contributed by atoms with Crippen LogP contribution in [0, 0.1) is 0 Å². The van der Waals surface area contributed by atoms with Gasteiger partial charge in [0.15, 0.2) is 0 Å². The molecule has 7 nitrogen and oxygen atoms in total. The van der Waals surface area contributed by atoms with E-state index in [0.717, 1.165) is 36.9 Å². The van der Waals surface area contributed by atoms with Crippen LogP contribution in [0.5, 0.6) is 5.75 Å². The summed E-state index contributed by atoms with van der Waals surface area (Å²) in [6, 6.07) is 6.82. The highest BCUT2D eigenvalue weighted by Gasteiger charge is 2.46. The molecule has 0 radical (unpaired) electrons. The van der Waals surface area contributed by atoms with Gasteiger partial charge in [0.2, 0.25) is 16.0 Å². The van der Waals surface area contributed by atoms with E-state index in [0.29, 0.717) is 24.8 Å². The van der Waals surface area contributed by atoms with Gasteiger partial charge in [-0.25, -0.2) is 18.4 Å². The van der Waals surface area contributed by atoms with Crippen LogP contribution in [0.1, 0.15) is 30.5 Å². The number of ether oxygens (including phenoxy) is 1. The number of nitrogens with zero attached hydrogens (tertiary/aromatic N) is 4. The number of piperidine rings is 1. The number of sulfonamides is 1. The molecule has 0 amide bonds. The van der Waals surface area contributed by atoms with Gasteiger partial charge < -0.3 is 9.64 Å². The molecule has 1 aliphatic heterocycles. The lowest BCUT2D eigenvalue weighted by Gasteiger charge is -2.40. The Balaban J connectivity index is 1.71. The van der Waals surface area contributed by atoms with Gasteiger partial charge in [0.25, 0.3) is 0 Å². The van der Waals surface area contributed by atoms with Crippen LogP contribution in [0.3, 0.4) is 0 Å². The van der Waals surface area contributed by atoms with Gasteiger partial charge in [0.05, 0.1) is 12.8 Å². The van der Waals surface area contributed by atoms with Crippen LogP contribution in [-0.2, 0) is 21.9 Å². The molecule has 2 heterocycles. The molecule has 1 aromatic heterocycles. The molecule has 1 unspecified atom stereocenters. The minimum absolute atomic E-state index is 0.226. The molecule has 0 N–H and O–H groups in total. The molecule has 4 rings (SSSR count). The second kappa shape index (κ2) is 7.00. The topological polar surface area (TPSA) is 75.6 Å². The molecular formula is C20H26N4O3S. The van der Waals surface area contributed by atoms with Crippen molar-refractivity contribution in [3.8, 4) is 5.75 Å². The van der Waals surface area contributed by atoms with E-state index in [4.69, 9.17) is 9.72 Å². The summed E-state index contributed by atoms with van der Waals surface area (Å²) in [6.07, 6.45) is 5.47. The molecule has 8 heteroatoms. The highest BCUT2D eigenvalue weighted by molar-refractivity contribution is 7.89. The van der Waals surface area contributed by atoms with E-state index in [1.165, 1.54) is 7.11 Å². The van der Waals surface area contributed by atoms with E-state index in [1.54, 1.807) is 28.6 Å². The van der Waals surface area contributed by atoms with Crippen LogP contribution < -0.4 is 9.64 Å². The fourth-order valence-electron chi connectivity index (χ4n) is 4.41.